The predicted molar refractivity (Wildman–Crippen MR) is 241 cm³/mol. The molecule has 0 spiro atoms. The van der Waals surface area contributed by atoms with Crippen LogP contribution < -0.4 is 0 Å². The van der Waals surface area contributed by atoms with Gasteiger partial charge in [0.2, 0.25) is 0 Å². The van der Waals surface area contributed by atoms with Crippen LogP contribution in [0.4, 0.5) is 0 Å². The van der Waals surface area contributed by atoms with Gasteiger partial charge in [-0.15, -0.1) is 0 Å². The van der Waals surface area contributed by atoms with E-state index in [-0.39, 0.29) is 11.8 Å². The van der Waals surface area contributed by atoms with Crippen LogP contribution in [0.5, 0.6) is 0 Å². The molecule has 0 amide bonds. The van der Waals surface area contributed by atoms with Crippen molar-refractivity contribution < 1.29 is 19.8 Å². The Morgan fingerprint density at radius 2 is 0.436 bits per heavy atom. The van der Waals surface area contributed by atoms with E-state index in [9.17, 15) is 19.8 Å². The second kappa shape index (κ2) is 42.5. The topological polar surface area (TPSA) is 74.6 Å². The fraction of sp³-hybridized carbons (Fsp3) is 0.961. The standard InChI is InChI=1S/C51H100O4/c1-5-9-13-17-28-34-40-46(41-35-29-18-14-10-6-2)48(50(52)53)44-38-32-26-24-22-21-23-25-27-33-39-45-49(51(54)55)47(42-36-30-19-15-11-7-3)43-37-31-20-16-12-8-4/h46-49H,5-45H2,1-4H3,(H,52,53)(H,54,55). The molecule has 2 atom stereocenters. The summed E-state index contributed by atoms with van der Waals surface area (Å²) in [5, 5.41) is 20.5. The maximum Gasteiger partial charge on any atom is 0.306 e. The van der Waals surface area contributed by atoms with Crippen molar-refractivity contribution in [1.29, 1.82) is 0 Å². The highest BCUT2D eigenvalue weighted by molar-refractivity contribution is 5.70. The molecule has 2 N–H and O–H groups in total. The number of carboxylic acids is 2. The number of aliphatic carboxylic acids is 2. The summed E-state index contributed by atoms with van der Waals surface area (Å²) in [6.07, 6.45) is 50.4. The van der Waals surface area contributed by atoms with Crippen LogP contribution in [0.25, 0.3) is 0 Å². The third kappa shape index (κ3) is 34.7. The van der Waals surface area contributed by atoms with Crippen LogP contribution in [-0.4, -0.2) is 22.2 Å². The smallest absolute Gasteiger partial charge is 0.306 e. The lowest BCUT2D eigenvalue weighted by molar-refractivity contribution is -0.145. The van der Waals surface area contributed by atoms with Gasteiger partial charge in [-0.05, 0) is 50.4 Å². The van der Waals surface area contributed by atoms with Crippen LogP contribution in [0.15, 0.2) is 0 Å². The summed E-state index contributed by atoms with van der Waals surface area (Å²) >= 11 is 0. The van der Waals surface area contributed by atoms with Crippen molar-refractivity contribution >= 4 is 11.9 Å². The van der Waals surface area contributed by atoms with E-state index in [2.05, 4.69) is 27.7 Å². The van der Waals surface area contributed by atoms with Crippen molar-refractivity contribution in [2.24, 2.45) is 23.7 Å². The lowest BCUT2D eigenvalue weighted by Gasteiger charge is -2.24. The van der Waals surface area contributed by atoms with Crippen molar-refractivity contribution in [3.63, 3.8) is 0 Å². The molecule has 2 unspecified atom stereocenters. The van der Waals surface area contributed by atoms with E-state index in [4.69, 9.17) is 0 Å². The van der Waals surface area contributed by atoms with Crippen LogP contribution in [-0.2, 0) is 9.59 Å². The van der Waals surface area contributed by atoms with E-state index in [0.29, 0.717) is 11.8 Å². The van der Waals surface area contributed by atoms with Gasteiger partial charge in [-0.1, -0.05) is 252 Å². The zero-order valence-corrected chi connectivity index (χ0v) is 38.0. The molecule has 4 nitrogen and oxygen atoms in total. The second-order valence-corrected chi connectivity index (χ2v) is 18.1. The Morgan fingerprint density at radius 3 is 0.618 bits per heavy atom. The molecule has 0 aromatic heterocycles. The monoisotopic (exact) mass is 777 g/mol. The largest absolute Gasteiger partial charge is 0.481 e. The number of hydrogen-bond donors (Lipinski definition) is 2. The quantitative estimate of drug-likeness (QED) is 0.0604. The van der Waals surface area contributed by atoms with E-state index >= 15 is 0 Å². The molecule has 4 heteroatoms. The normalized spacial score (nSPS) is 12.9. The first-order valence-electron chi connectivity index (χ1n) is 25.4. The zero-order valence-electron chi connectivity index (χ0n) is 38.0. The molecule has 0 saturated carbocycles. The number of carbonyl (C=O) groups is 2. The molecule has 0 saturated heterocycles. The third-order valence-electron chi connectivity index (χ3n) is 13.0. The maximum absolute atomic E-state index is 12.4. The lowest BCUT2D eigenvalue weighted by atomic mass is 9.80. The molecule has 0 aliphatic carbocycles. The average Bonchev–Trinajstić information content (AvgIpc) is 3.17. The summed E-state index contributed by atoms with van der Waals surface area (Å²) in [4.78, 5) is 24.9. The molecular formula is C51H100O4. The highest BCUT2D eigenvalue weighted by Gasteiger charge is 2.28. The Hall–Kier alpha value is -1.06. The van der Waals surface area contributed by atoms with E-state index in [1.165, 1.54) is 212 Å². The maximum atomic E-state index is 12.4. The number of carboxylic acid groups (broad SMARTS) is 2. The van der Waals surface area contributed by atoms with Gasteiger partial charge in [0.1, 0.15) is 0 Å². The highest BCUT2D eigenvalue weighted by atomic mass is 16.4. The van der Waals surface area contributed by atoms with Crippen LogP contribution in [0.3, 0.4) is 0 Å². The number of unbranched alkanes of at least 4 members (excludes halogenated alkanes) is 30. The lowest BCUT2D eigenvalue weighted by Crippen LogP contribution is -2.24. The van der Waals surface area contributed by atoms with Crippen LogP contribution in [0.1, 0.15) is 291 Å². The molecule has 0 aromatic rings. The molecule has 55 heavy (non-hydrogen) atoms. The molecule has 0 bridgehead atoms. The molecule has 0 aliphatic rings. The van der Waals surface area contributed by atoms with Crippen molar-refractivity contribution in [2.45, 2.75) is 291 Å². The minimum absolute atomic E-state index is 0.149. The van der Waals surface area contributed by atoms with Gasteiger partial charge in [-0.25, -0.2) is 0 Å². The molecule has 328 valence electrons. The van der Waals surface area contributed by atoms with Gasteiger partial charge in [0.15, 0.2) is 0 Å². The van der Waals surface area contributed by atoms with Crippen LogP contribution in [0.2, 0.25) is 0 Å². The Bertz CT molecular complexity index is 700. The van der Waals surface area contributed by atoms with Gasteiger partial charge in [-0.2, -0.15) is 0 Å². The summed E-state index contributed by atoms with van der Waals surface area (Å²) in [7, 11) is 0. The first kappa shape index (κ1) is 53.9. The summed E-state index contributed by atoms with van der Waals surface area (Å²) in [5.41, 5.74) is 0. The van der Waals surface area contributed by atoms with Gasteiger partial charge in [0.05, 0.1) is 11.8 Å². The van der Waals surface area contributed by atoms with Gasteiger partial charge in [0, 0.05) is 0 Å². The minimum atomic E-state index is -0.540. The Morgan fingerprint density at radius 1 is 0.273 bits per heavy atom. The van der Waals surface area contributed by atoms with Crippen molar-refractivity contribution in [3.05, 3.63) is 0 Å². The second-order valence-electron chi connectivity index (χ2n) is 18.1. The zero-order chi connectivity index (χ0) is 40.5. The highest BCUT2D eigenvalue weighted by Crippen LogP contribution is 2.32. The molecule has 0 radical (unpaired) electrons. The molecule has 0 rings (SSSR count). The van der Waals surface area contributed by atoms with E-state index in [1.54, 1.807) is 0 Å². The van der Waals surface area contributed by atoms with Gasteiger partial charge in [-0.3, -0.25) is 9.59 Å². The molecular weight excluding hydrogens is 677 g/mol. The Labute approximate surface area is 345 Å². The van der Waals surface area contributed by atoms with E-state index in [0.717, 1.165) is 51.4 Å². The minimum Gasteiger partial charge on any atom is -0.481 e. The summed E-state index contributed by atoms with van der Waals surface area (Å²) < 4.78 is 0. The van der Waals surface area contributed by atoms with E-state index in [1.807, 2.05) is 0 Å². The summed E-state index contributed by atoms with van der Waals surface area (Å²) in [5.74, 6) is -0.654. The summed E-state index contributed by atoms with van der Waals surface area (Å²) in [6, 6.07) is 0. The van der Waals surface area contributed by atoms with Crippen molar-refractivity contribution in [2.75, 3.05) is 0 Å². The average molecular weight is 777 g/mol. The van der Waals surface area contributed by atoms with Gasteiger partial charge < -0.3 is 10.2 Å². The first-order valence-corrected chi connectivity index (χ1v) is 25.4. The molecule has 0 fully saturated rings. The Kier molecular flexibility index (Phi) is 41.7. The fourth-order valence-corrected chi connectivity index (χ4v) is 9.28. The van der Waals surface area contributed by atoms with Gasteiger partial charge in [0.25, 0.3) is 0 Å². The Balaban J connectivity index is 4.41. The van der Waals surface area contributed by atoms with Gasteiger partial charge >= 0.3 is 11.9 Å². The van der Waals surface area contributed by atoms with Crippen molar-refractivity contribution in [3.8, 4) is 0 Å². The summed E-state index contributed by atoms with van der Waals surface area (Å²) in [6.45, 7) is 9.06. The SMILES string of the molecule is CCCCCCCCC(CCCCCCCC)C(CCCCCCCCCCCCCC(C(=O)O)C(CCCCCCCC)CCCCCCCC)C(=O)O. The van der Waals surface area contributed by atoms with E-state index < -0.39 is 11.9 Å². The third-order valence-corrected chi connectivity index (χ3v) is 13.0. The molecule has 0 heterocycles. The van der Waals surface area contributed by atoms with Crippen LogP contribution >= 0.6 is 0 Å². The fourth-order valence-electron chi connectivity index (χ4n) is 9.28. The van der Waals surface area contributed by atoms with Crippen molar-refractivity contribution in [1.82, 2.24) is 0 Å². The number of hydrogen-bond acceptors (Lipinski definition) is 2. The molecule has 0 aliphatic heterocycles. The predicted octanol–water partition coefficient (Wildman–Crippen LogP) is 17.7. The first-order chi connectivity index (χ1) is 26.9. The number of rotatable bonds is 46. The van der Waals surface area contributed by atoms with Crippen LogP contribution in [0, 0.1) is 23.7 Å². The molecule has 0 aromatic carbocycles.